The van der Waals surface area contributed by atoms with E-state index in [0.29, 0.717) is 26.9 Å². The fraction of sp³-hybridized carbons (Fsp3) is 0.533. The summed E-state index contributed by atoms with van der Waals surface area (Å²) in [6.07, 6.45) is 6.89. The normalized spacial score (nSPS) is 32.9. The lowest BCUT2D eigenvalue weighted by molar-refractivity contribution is 0.107. The lowest BCUT2D eigenvalue weighted by atomic mass is 9.99. The zero-order valence-electron chi connectivity index (χ0n) is 11.1. The van der Waals surface area contributed by atoms with Crippen LogP contribution < -0.4 is 0 Å². The van der Waals surface area contributed by atoms with Gasteiger partial charge in [0.2, 0.25) is 0 Å². The van der Waals surface area contributed by atoms with Crippen molar-refractivity contribution in [3.05, 3.63) is 33.8 Å². The topological polar surface area (TPSA) is 17.1 Å². The van der Waals surface area contributed by atoms with Gasteiger partial charge in [-0.3, -0.25) is 4.79 Å². The minimum atomic E-state index is -2.07. The Labute approximate surface area is 135 Å². The zero-order chi connectivity index (χ0) is 14.3. The monoisotopic (exact) mass is 346 g/mol. The Morgan fingerprint density at radius 1 is 1.05 bits per heavy atom. The molecule has 2 aliphatic heterocycles. The molecule has 0 spiro atoms. The van der Waals surface area contributed by atoms with Crippen LogP contribution in [0.25, 0.3) is 0 Å². The van der Waals surface area contributed by atoms with Crippen molar-refractivity contribution in [2.75, 3.05) is 0 Å². The summed E-state index contributed by atoms with van der Waals surface area (Å²) in [5.41, 5.74) is 1.42. The van der Waals surface area contributed by atoms with Gasteiger partial charge in [-0.2, -0.15) is 0 Å². The fourth-order valence-electron chi connectivity index (χ4n) is 3.74. The molecule has 2 saturated heterocycles. The van der Waals surface area contributed by atoms with Crippen LogP contribution in [0.1, 0.15) is 48.9 Å². The van der Waals surface area contributed by atoms with E-state index in [2.05, 4.69) is 0 Å². The van der Waals surface area contributed by atoms with E-state index in [1.165, 1.54) is 12.8 Å². The maximum Gasteiger partial charge on any atom is 0.197 e. The summed E-state index contributed by atoms with van der Waals surface area (Å²) in [5, 5.41) is 0.908. The van der Waals surface area contributed by atoms with Crippen molar-refractivity contribution in [3.8, 4) is 0 Å². The summed E-state index contributed by atoms with van der Waals surface area (Å²) in [6, 6.07) is 3.18. The third-order valence-corrected chi connectivity index (χ3v) is 11.7. The van der Waals surface area contributed by atoms with Crippen LogP contribution in [0.2, 0.25) is 10.0 Å². The molecular weight excluding hydrogens is 330 g/mol. The molecule has 20 heavy (non-hydrogen) atoms. The Hall–Kier alpha value is 0.120. The van der Waals surface area contributed by atoms with Gasteiger partial charge in [-0.25, -0.2) is 0 Å². The number of fused-ring (bicyclic) bond motifs is 2. The highest BCUT2D eigenvalue weighted by atomic mass is 35.5. The Morgan fingerprint density at radius 3 is 1.95 bits per heavy atom. The molecule has 0 saturated carbocycles. The van der Waals surface area contributed by atoms with Gasteiger partial charge in [-0.1, -0.05) is 53.9 Å². The molecule has 0 amide bonds. The highest BCUT2D eigenvalue weighted by molar-refractivity contribution is 8.23. The summed E-state index contributed by atoms with van der Waals surface area (Å²) in [4.78, 5) is 13.2. The third kappa shape index (κ3) is 2.29. The number of hydrogen-bond acceptors (Lipinski definition) is 2. The largest absolute Gasteiger partial charge is 0.288 e. The van der Waals surface area contributed by atoms with E-state index in [1.807, 2.05) is 0 Å². The van der Waals surface area contributed by atoms with Gasteiger partial charge >= 0.3 is 0 Å². The minimum absolute atomic E-state index is 0.0949. The predicted molar refractivity (Wildman–Crippen MR) is 90.4 cm³/mol. The summed E-state index contributed by atoms with van der Waals surface area (Å²) in [6.45, 7) is 0. The van der Waals surface area contributed by atoms with E-state index in [9.17, 15) is 4.79 Å². The molecule has 1 aromatic rings. The molecule has 3 rings (SSSR count). The predicted octanol–water partition coefficient (Wildman–Crippen LogP) is 5.72. The van der Waals surface area contributed by atoms with Crippen molar-refractivity contribution >= 4 is 46.6 Å². The molecule has 2 bridgehead atoms. The Bertz CT molecular complexity index is 555. The standard InChI is InChI=1S/C15H17Cl2OPS/c16-12-8-3-9-13(17)14(12)15(18)19(20)10-4-1-5-11(19)7-2-6-10/h3,8-11H,1-2,4-7H2. The molecule has 5 heteroatoms. The van der Waals surface area contributed by atoms with E-state index < -0.39 is 6.04 Å². The van der Waals surface area contributed by atoms with Gasteiger partial charge in [0.1, 0.15) is 0 Å². The first kappa shape index (κ1) is 15.0. The second-order valence-electron chi connectivity index (χ2n) is 5.78. The smallest absolute Gasteiger partial charge is 0.197 e. The highest BCUT2D eigenvalue weighted by Crippen LogP contribution is 2.68. The van der Waals surface area contributed by atoms with Crippen molar-refractivity contribution in [2.24, 2.45) is 0 Å². The molecule has 0 radical (unpaired) electrons. The average molecular weight is 347 g/mol. The van der Waals surface area contributed by atoms with Crippen LogP contribution in [-0.2, 0) is 11.8 Å². The summed E-state index contributed by atoms with van der Waals surface area (Å²) < 4.78 is 0. The molecule has 108 valence electrons. The number of carbonyl (C=O) groups is 1. The average Bonchev–Trinajstić information content (AvgIpc) is 2.37. The first-order chi connectivity index (χ1) is 9.55. The Morgan fingerprint density at radius 2 is 1.50 bits per heavy atom. The summed E-state index contributed by atoms with van der Waals surface area (Å²) in [7, 11) is 0. The quantitative estimate of drug-likeness (QED) is 0.637. The number of hydrogen-bond donors (Lipinski definition) is 0. The van der Waals surface area contributed by atoms with Crippen LogP contribution in [-0.4, -0.2) is 16.8 Å². The van der Waals surface area contributed by atoms with Crippen LogP contribution in [0.3, 0.4) is 0 Å². The summed E-state index contributed by atoms with van der Waals surface area (Å²) in [5.74, 6) is 0. The van der Waals surface area contributed by atoms with Gasteiger partial charge in [-0.15, -0.1) is 0 Å². The minimum Gasteiger partial charge on any atom is -0.288 e. The van der Waals surface area contributed by atoms with Crippen molar-refractivity contribution < 1.29 is 4.79 Å². The second-order valence-corrected chi connectivity index (χ2v) is 11.7. The second kappa shape index (κ2) is 5.72. The third-order valence-electron chi connectivity index (χ3n) is 4.73. The van der Waals surface area contributed by atoms with Gasteiger partial charge in [0.05, 0.1) is 15.6 Å². The SMILES string of the molecule is O=C(c1c(Cl)cccc1Cl)P1(=S)C2CCCC1CCC2. The molecule has 2 fully saturated rings. The van der Waals surface area contributed by atoms with Gasteiger partial charge in [-0.05, 0) is 49.1 Å². The molecule has 1 aromatic carbocycles. The molecule has 1 nitrogen and oxygen atoms in total. The van der Waals surface area contributed by atoms with Gasteiger partial charge in [0.15, 0.2) is 5.52 Å². The van der Waals surface area contributed by atoms with Gasteiger partial charge in [0.25, 0.3) is 0 Å². The molecule has 0 aliphatic carbocycles. The van der Waals surface area contributed by atoms with Crippen LogP contribution in [0.15, 0.2) is 18.2 Å². The van der Waals surface area contributed by atoms with Crippen LogP contribution in [0, 0.1) is 0 Å². The maximum atomic E-state index is 13.2. The number of halogens is 2. The van der Waals surface area contributed by atoms with Crippen LogP contribution >= 0.6 is 29.2 Å². The molecule has 0 unspecified atom stereocenters. The lowest BCUT2D eigenvalue weighted by Crippen LogP contribution is -2.32. The maximum absolute atomic E-state index is 13.2. The zero-order valence-corrected chi connectivity index (χ0v) is 14.4. The number of benzene rings is 1. The number of carbonyl (C=O) groups excluding carboxylic acids is 1. The first-order valence-electron chi connectivity index (χ1n) is 7.13. The van der Waals surface area contributed by atoms with Crippen molar-refractivity contribution in [3.63, 3.8) is 0 Å². The molecule has 2 heterocycles. The highest BCUT2D eigenvalue weighted by Gasteiger charge is 2.47. The Kier molecular flexibility index (Phi) is 4.30. The Balaban J connectivity index is 2.07. The van der Waals surface area contributed by atoms with E-state index >= 15 is 0 Å². The van der Waals surface area contributed by atoms with E-state index in [-0.39, 0.29) is 5.52 Å². The van der Waals surface area contributed by atoms with Crippen LogP contribution in [0.5, 0.6) is 0 Å². The van der Waals surface area contributed by atoms with Gasteiger partial charge in [0, 0.05) is 6.04 Å². The first-order valence-corrected chi connectivity index (χ1v) is 10.8. The van der Waals surface area contributed by atoms with Gasteiger partial charge < -0.3 is 0 Å². The van der Waals surface area contributed by atoms with Crippen molar-refractivity contribution in [1.82, 2.24) is 0 Å². The molecular formula is C15H17Cl2OPS. The van der Waals surface area contributed by atoms with E-state index in [4.69, 9.17) is 35.0 Å². The van der Waals surface area contributed by atoms with E-state index in [1.54, 1.807) is 18.2 Å². The fourth-order valence-corrected chi connectivity index (χ4v) is 10.1. The van der Waals surface area contributed by atoms with Crippen molar-refractivity contribution in [2.45, 2.75) is 49.8 Å². The lowest BCUT2D eigenvalue weighted by Gasteiger charge is -2.44. The molecule has 0 aromatic heterocycles. The van der Waals surface area contributed by atoms with Crippen LogP contribution in [0.4, 0.5) is 0 Å². The number of rotatable bonds is 2. The molecule has 2 aliphatic rings. The molecule has 0 atom stereocenters. The molecule has 0 N–H and O–H groups in total. The van der Waals surface area contributed by atoms with Crippen molar-refractivity contribution in [1.29, 1.82) is 0 Å². The van der Waals surface area contributed by atoms with E-state index in [0.717, 1.165) is 25.7 Å². The summed E-state index contributed by atoms with van der Waals surface area (Å²) >= 11 is 18.5.